The Bertz CT molecular complexity index is 484. The van der Waals surface area contributed by atoms with Gasteiger partial charge in [0.2, 0.25) is 0 Å². The minimum absolute atomic E-state index is 0.0942. The molecular formula is C15H20FNO3. The summed E-state index contributed by atoms with van der Waals surface area (Å²) in [4.78, 5) is 13.9. The van der Waals surface area contributed by atoms with Gasteiger partial charge in [-0.25, -0.2) is 4.39 Å². The number of likely N-dealkylation sites (tertiary alicyclic amines) is 1. The molecule has 5 heteroatoms. The highest BCUT2D eigenvalue weighted by atomic mass is 19.1. The first kappa shape index (κ1) is 14.8. The van der Waals surface area contributed by atoms with E-state index in [4.69, 9.17) is 4.74 Å². The van der Waals surface area contributed by atoms with Crippen LogP contribution in [0.25, 0.3) is 0 Å². The third-order valence-corrected chi connectivity index (χ3v) is 3.49. The number of carbonyl (C=O) groups is 1. The van der Waals surface area contributed by atoms with Gasteiger partial charge in [-0.1, -0.05) is 0 Å². The van der Waals surface area contributed by atoms with E-state index in [9.17, 15) is 14.3 Å². The van der Waals surface area contributed by atoms with Crippen molar-refractivity contribution in [3.05, 3.63) is 29.6 Å². The van der Waals surface area contributed by atoms with Crippen LogP contribution in [0.5, 0.6) is 5.75 Å². The van der Waals surface area contributed by atoms with Crippen molar-refractivity contribution in [2.75, 3.05) is 13.1 Å². The van der Waals surface area contributed by atoms with Gasteiger partial charge in [-0.2, -0.15) is 0 Å². The van der Waals surface area contributed by atoms with Crippen molar-refractivity contribution in [1.82, 2.24) is 4.90 Å². The summed E-state index contributed by atoms with van der Waals surface area (Å²) < 4.78 is 18.9. The van der Waals surface area contributed by atoms with Crippen molar-refractivity contribution in [3.63, 3.8) is 0 Å². The first-order valence-electron chi connectivity index (χ1n) is 6.92. The number of aliphatic hydroxyl groups is 1. The van der Waals surface area contributed by atoms with Crippen molar-refractivity contribution in [2.24, 2.45) is 0 Å². The number of rotatable bonds is 4. The van der Waals surface area contributed by atoms with Crippen molar-refractivity contribution >= 4 is 5.91 Å². The SMILES string of the molecule is CC(Oc1cc(F)ccc1[C@@H](C)O)C(=O)N1CCCC1. The van der Waals surface area contributed by atoms with Gasteiger partial charge in [-0.05, 0) is 38.8 Å². The molecule has 1 unspecified atom stereocenters. The standard InChI is InChI=1S/C15H20FNO3/c1-10(18)13-6-5-12(16)9-14(13)20-11(2)15(19)17-7-3-4-8-17/h5-6,9-11,18H,3-4,7-8H2,1-2H3/t10-,11?/m1/s1. The molecule has 110 valence electrons. The Balaban J connectivity index is 2.12. The smallest absolute Gasteiger partial charge is 0.263 e. The predicted molar refractivity (Wildman–Crippen MR) is 72.9 cm³/mol. The van der Waals surface area contributed by atoms with Crippen LogP contribution in [0.15, 0.2) is 18.2 Å². The molecule has 1 heterocycles. The molecule has 0 aromatic heterocycles. The van der Waals surface area contributed by atoms with Gasteiger partial charge in [0.25, 0.3) is 5.91 Å². The second-order valence-corrected chi connectivity index (χ2v) is 5.15. The minimum atomic E-state index is -0.778. The van der Waals surface area contributed by atoms with Crippen LogP contribution < -0.4 is 4.74 Å². The van der Waals surface area contributed by atoms with E-state index in [-0.39, 0.29) is 11.7 Å². The third kappa shape index (κ3) is 3.28. The number of aliphatic hydroxyl groups excluding tert-OH is 1. The van der Waals surface area contributed by atoms with Gasteiger partial charge in [0.05, 0.1) is 6.10 Å². The van der Waals surface area contributed by atoms with Gasteiger partial charge in [0.15, 0.2) is 6.10 Å². The second-order valence-electron chi connectivity index (χ2n) is 5.15. The molecule has 0 saturated carbocycles. The minimum Gasteiger partial charge on any atom is -0.480 e. The van der Waals surface area contributed by atoms with Gasteiger partial charge < -0.3 is 14.7 Å². The topological polar surface area (TPSA) is 49.8 Å². The number of amides is 1. The number of carbonyl (C=O) groups excluding carboxylic acids is 1. The lowest BCUT2D eigenvalue weighted by Crippen LogP contribution is -2.38. The van der Waals surface area contributed by atoms with Crippen LogP contribution in [0.3, 0.4) is 0 Å². The van der Waals surface area contributed by atoms with E-state index in [1.165, 1.54) is 18.2 Å². The second kappa shape index (κ2) is 6.22. The van der Waals surface area contributed by atoms with Gasteiger partial charge in [-0.3, -0.25) is 4.79 Å². The fourth-order valence-corrected chi connectivity index (χ4v) is 2.39. The van der Waals surface area contributed by atoms with Crippen LogP contribution in [0.1, 0.15) is 38.4 Å². The first-order chi connectivity index (χ1) is 9.49. The molecule has 1 fully saturated rings. The summed E-state index contributed by atoms with van der Waals surface area (Å²) in [6, 6.07) is 3.94. The monoisotopic (exact) mass is 281 g/mol. The zero-order valence-electron chi connectivity index (χ0n) is 11.8. The van der Waals surface area contributed by atoms with Crippen LogP contribution in [-0.4, -0.2) is 35.1 Å². The summed E-state index contributed by atoms with van der Waals surface area (Å²) in [5.41, 5.74) is 0.479. The molecule has 0 aliphatic carbocycles. The number of benzene rings is 1. The molecule has 1 aromatic rings. The van der Waals surface area contributed by atoms with Crippen molar-refractivity contribution in [1.29, 1.82) is 0 Å². The molecule has 1 aromatic carbocycles. The maximum atomic E-state index is 13.3. The Kier molecular flexibility index (Phi) is 4.60. The maximum absolute atomic E-state index is 13.3. The number of hydrogen-bond donors (Lipinski definition) is 1. The number of nitrogens with zero attached hydrogens (tertiary/aromatic N) is 1. The Labute approximate surface area is 118 Å². The molecule has 1 aliphatic heterocycles. The summed E-state index contributed by atoms with van der Waals surface area (Å²) >= 11 is 0. The lowest BCUT2D eigenvalue weighted by Gasteiger charge is -2.22. The van der Waals surface area contributed by atoms with Gasteiger partial charge in [-0.15, -0.1) is 0 Å². The molecule has 2 rings (SSSR count). The van der Waals surface area contributed by atoms with Crippen LogP contribution in [0, 0.1) is 5.82 Å². The van der Waals surface area contributed by atoms with Gasteiger partial charge >= 0.3 is 0 Å². The van der Waals surface area contributed by atoms with E-state index in [1.54, 1.807) is 18.7 Å². The Morgan fingerprint density at radius 3 is 2.60 bits per heavy atom. The van der Waals surface area contributed by atoms with Crippen LogP contribution in [0.2, 0.25) is 0 Å². The highest BCUT2D eigenvalue weighted by molar-refractivity contribution is 5.81. The largest absolute Gasteiger partial charge is 0.480 e. The fraction of sp³-hybridized carbons (Fsp3) is 0.533. The molecule has 2 atom stereocenters. The van der Waals surface area contributed by atoms with Crippen LogP contribution in [-0.2, 0) is 4.79 Å². The molecule has 0 radical (unpaired) electrons. The quantitative estimate of drug-likeness (QED) is 0.921. The van der Waals surface area contributed by atoms with E-state index >= 15 is 0 Å². The van der Waals surface area contributed by atoms with E-state index in [0.717, 1.165) is 25.9 Å². The molecule has 1 aliphatic rings. The van der Waals surface area contributed by atoms with E-state index in [2.05, 4.69) is 0 Å². The molecule has 1 N–H and O–H groups in total. The van der Waals surface area contributed by atoms with Gasteiger partial charge in [0, 0.05) is 24.7 Å². The average molecular weight is 281 g/mol. The van der Waals surface area contributed by atoms with E-state index < -0.39 is 18.0 Å². The first-order valence-corrected chi connectivity index (χ1v) is 6.92. The fourth-order valence-electron chi connectivity index (χ4n) is 2.39. The summed E-state index contributed by atoms with van der Waals surface area (Å²) in [7, 11) is 0. The number of halogens is 1. The lowest BCUT2D eigenvalue weighted by molar-refractivity contribution is -0.136. The Morgan fingerprint density at radius 2 is 2.00 bits per heavy atom. The Morgan fingerprint density at radius 1 is 1.35 bits per heavy atom. The maximum Gasteiger partial charge on any atom is 0.263 e. The van der Waals surface area contributed by atoms with Gasteiger partial charge in [0.1, 0.15) is 11.6 Å². The molecule has 1 amide bonds. The molecule has 4 nitrogen and oxygen atoms in total. The lowest BCUT2D eigenvalue weighted by atomic mass is 10.1. The molecule has 0 bridgehead atoms. The highest BCUT2D eigenvalue weighted by Gasteiger charge is 2.25. The zero-order valence-corrected chi connectivity index (χ0v) is 11.8. The van der Waals surface area contributed by atoms with Crippen molar-refractivity contribution < 1.29 is 19.0 Å². The van der Waals surface area contributed by atoms with Crippen LogP contribution >= 0.6 is 0 Å². The summed E-state index contributed by atoms with van der Waals surface area (Å²) in [5.74, 6) is -0.325. The average Bonchev–Trinajstić information content (AvgIpc) is 2.91. The van der Waals surface area contributed by atoms with E-state index in [0.29, 0.717) is 5.56 Å². The van der Waals surface area contributed by atoms with E-state index in [1.807, 2.05) is 0 Å². The molecule has 0 spiro atoms. The summed E-state index contributed by atoms with van der Waals surface area (Å²) in [6.45, 7) is 4.72. The summed E-state index contributed by atoms with van der Waals surface area (Å²) in [6.07, 6.45) is 0.557. The highest BCUT2D eigenvalue weighted by Crippen LogP contribution is 2.27. The molecule has 1 saturated heterocycles. The number of hydrogen-bond acceptors (Lipinski definition) is 3. The van der Waals surface area contributed by atoms with Crippen molar-refractivity contribution in [2.45, 2.75) is 38.9 Å². The summed E-state index contributed by atoms with van der Waals surface area (Å²) in [5, 5.41) is 9.66. The third-order valence-electron chi connectivity index (χ3n) is 3.49. The van der Waals surface area contributed by atoms with Crippen molar-refractivity contribution in [3.8, 4) is 5.75 Å². The Hall–Kier alpha value is -1.62. The number of ether oxygens (including phenoxy) is 1. The normalized spacial score (nSPS) is 17.9. The predicted octanol–water partition coefficient (Wildman–Crippen LogP) is 2.27. The molecular weight excluding hydrogens is 261 g/mol. The molecule has 20 heavy (non-hydrogen) atoms. The zero-order chi connectivity index (χ0) is 14.7. The van der Waals surface area contributed by atoms with Crippen LogP contribution in [0.4, 0.5) is 4.39 Å².